The van der Waals surface area contributed by atoms with Gasteiger partial charge in [-0.25, -0.2) is 4.79 Å². The van der Waals surface area contributed by atoms with Crippen molar-refractivity contribution in [2.45, 2.75) is 19.6 Å². The number of amides is 1. The zero-order chi connectivity index (χ0) is 25.7. The summed E-state index contributed by atoms with van der Waals surface area (Å²) in [7, 11) is 4.99. The average Bonchev–Trinajstić information content (AvgIpc) is 3.34. The van der Waals surface area contributed by atoms with Crippen molar-refractivity contribution in [2.24, 2.45) is 0 Å². The van der Waals surface area contributed by atoms with E-state index in [1.165, 1.54) is 7.11 Å². The summed E-state index contributed by atoms with van der Waals surface area (Å²) in [4.78, 5) is 26.0. The standard InChI is InChI=1S/C27H28N2O7/c1-29(14-18-5-4-6-22(34-3)25(18)27(31)32)15-19-11-23-24(36-16-35-23)12-21(19)26(30)28-13-17-7-9-20(33-2)10-8-17/h4-12H,13-16H2,1-3H3,(H,28,30)(H,31,32)/p+1. The first kappa shape index (κ1) is 24.9. The second-order valence-electron chi connectivity index (χ2n) is 8.50. The topological polar surface area (TPSA) is 108 Å². The number of carbonyl (C=O) groups excluding carboxylic acids is 1. The van der Waals surface area contributed by atoms with E-state index < -0.39 is 5.97 Å². The molecule has 1 amide bonds. The third-order valence-electron chi connectivity index (χ3n) is 5.99. The zero-order valence-corrected chi connectivity index (χ0v) is 20.4. The molecule has 0 fully saturated rings. The van der Waals surface area contributed by atoms with Crippen molar-refractivity contribution >= 4 is 11.9 Å². The lowest BCUT2D eigenvalue weighted by Crippen LogP contribution is -3.06. The lowest BCUT2D eigenvalue weighted by atomic mass is 10.0. The van der Waals surface area contributed by atoms with Crippen LogP contribution in [0.4, 0.5) is 0 Å². The van der Waals surface area contributed by atoms with E-state index in [-0.39, 0.29) is 18.3 Å². The molecule has 1 atom stereocenters. The van der Waals surface area contributed by atoms with Crippen LogP contribution in [0, 0.1) is 0 Å². The van der Waals surface area contributed by atoms with Crippen molar-refractivity contribution in [1.29, 1.82) is 0 Å². The maximum Gasteiger partial charge on any atom is 0.339 e. The van der Waals surface area contributed by atoms with Crippen molar-refractivity contribution < 1.29 is 38.5 Å². The smallest absolute Gasteiger partial charge is 0.339 e. The van der Waals surface area contributed by atoms with Gasteiger partial charge in [-0.15, -0.1) is 0 Å². The molecule has 36 heavy (non-hydrogen) atoms. The molecule has 1 aliphatic heterocycles. The summed E-state index contributed by atoms with van der Waals surface area (Å²) in [5, 5.41) is 12.7. The predicted octanol–water partition coefficient (Wildman–Crippen LogP) is 2.28. The number of hydrogen-bond acceptors (Lipinski definition) is 6. The van der Waals surface area contributed by atoms with Crippen LogP contribution in [-0.4, -0.2) is 45.0 Å². The summed E-state index contributed by atoms with van der Waals surface area (Å²) < 4.78 is 21.5. The molecular weight excluding hydrogens is 464 g/mol. The number of aromatic carboxylic acids is 1. The largest absolute Gasteiger partial charge is 0.497 e. The molecular formula is C27H29N2O7+. The molecule has 1 unspecified atom stereocenters. The number of carboxylic acids is 1. The molecule has 0 aromatic heterocycles. The molecule has 0 spiro atoms. The minimum Gasteiger partial charge on any atom is -0.497 e. The monoisotopic (exact) mass is 493 g/mol. The Morgan fingerprint density at radius 2 is 1.67 bits per heavy atom. The van der Waals surface area contributed by atoms with E-state index >= 15 is 0 Å². The normalized spacial score (nSPS) is 12.6. The fraction of sp³-hybridized carbons (Fsp3) is 0.259. The number of benzene rings is 3. The van der Waals surface area contributed by atoms with Crippen LogP contribution in [0.5, 0.6) is 23.0 Å². The number of ether oxygens (including phenoxy) is 4. The minimum atomic E-state index is -1.04. The first-order valence-electron chi connectivity index (χ1n) is 11.4. The van der Waals surface area contributed by atoms with Gasteiger partial charge in [0, 0.05) is 17.7 Å². The number of nitrogens with one attached hydrogen (secondary N) is 2. The second-order valence-corrected chi connectivity index (χ2v) is 8.50. The molecule has 9 heteroatoms. The molecule has 3 aromatic rings. The number of rotatable bonds is 10. The molecule has 0 bridgehead atoms. The summed E-state index contributed by atoms with van der Waals surface area (Å²) in [6.07, 6.45) is 0. The van der Waals surface area contributed by atoms with Crippen LogP contribution in [0.15, 0.2) is 54.6 Å². The van der Waals surface area contributed by atoms with E-state index in [0.717, 1.165) is 21.8 Å². The molecule has 0 saturated heterocycles. The van der Waals surface area contributed by atoms with Gasteiger partial charge < -0.3 is 34.3 Å². The van der Waals surface area contributed by atoms with Crippen LogP contribution >= 0.6 is 0 Å². The van der Waals surface area contributed by atoms with Crippen molar-refractivity contribution in [3.05, 3.63) is 82.4 Å². The molecule has 3 aromatic carbocycles. The molecule has 0 saturated carbocycles. The van der Waals surface area contributed by atoms with Crippen LogP contribution in [0.3, 0.4) is 0 Å². The Labute approximate surface area is 209 Å². The summed E-state index contributed by atoms with van der Waals surface area (Å²) in [5.74, 6) is 0.881. The van der Waals surface area contributed by atoms with Gasteiger partial charge in [0.2, 0.25) is 6.79 Å². The maximum absolute atomic E-state index is 13.2. The Balaban J connectivity index is 1.53. The van der Waals surface area contributed by atoms with Crippen LogP contribution in [0.1, 0.15) is 37.4 Å². The van der Waals surface area contributed by atoms with Crippen LogP contribution in [0.2, 0.25) is 0 Å². The Kier molecular flexibility index (Phi) is 7.60. The molecule has 0 aliphatic carbocycles. The van der Waals surface area contributed by atoms with Gasteiger partial charge in [0.05, 0.1) is 26.8 Å². The second kappa shape index (κ2) is 11.0. The average molecular weight is 494 g/mol. The summed E-state index contributed by atoms with van der Waals surface area (Å²) in [5.41, 5.74) is 2.97. The molecule has 0 radical (unpaired) electrons. The third-order valence-corrected chi connectivity index (χ3v) is 5.99. The van der Waals surface area contributed by atoms with Crippen LogP contribution in [0.25, 0.3) is 0 Å². The first-order chi connectivity index (χ1) is 17.4. The molecule has 188 valence electrons. The van der Waals surface area contributed by atoms with Gasteiger partial charge in [0.15, 0.2) is 11.5 Å². The van der Waals surface area contributed by atoms with Crippen molar-refractivity contribution in [2.75, 3.05) is 28.1 Å². The molecule has 9 nitrogen and oxygen atoms in total. The lowest BCUT2D eigenvalue weighted by Gasteiger charge is -2.19. The number of methoxy groups -OCH3 is 2. The van der Waals surface area contributed by atoms with Crippen molar-refractivity contribution in [3.63, 3.8) is 0 Å². The van der Waals surface area contributed by atoms with E-state index in [2.05, 4.69) is 5.32 Å². The quantitative estimate of drug-likeness (QED) is 0.398. The van der Waals surface area contributed by atoms with Crippen LogP contribution < -0.4 is 29.2 Å². The molecule has 3 N–H and O–H groups in total. The highest BCUT2D eigenvalue weighted by Gasteiger charge is 2.24. The van der Waals surface area contributed by atoms with Gasteiger partial charge >= 0.3 is 5.97 Å². The Morgan fingerprint density at radius 1 is 0.972 bits per heavy atom. The summed E-state index contributed by atoms with van der Waals surface area (Å²) in [6, 6.07) is 16.2. The van der Waals surface area contributed by atoms with Crippen LogP contribution in [-0.2, 0) is 19.6 Å². The number of quaternary nitrogens is 1. The van der Waals surface area contributed by atoms with Crippen molar-refractivity contribution in [1.82, 2.24) is 5.32 Å². The van der Waals surface area contributed by atoms with E-state index in [0.29, 0.717) is 48.0 Å². The van der Waals surface area contributed by atoms with Crippen molar-refractivity contribution in [3.8, 4) is 23.0 Å². The predicted molar refractivity (Wildman–Crippen MR) is 131 cm³/mol. The number of fused-ring (bicyclic) bond motifs is 1. The summed E-state index contributed by atoms with van der Waals surface area (Å²) >= 11 is 0. The third kappa shape index (κ3) is 5.52. The highest BCUT2D eigenvalue weighted by molar-refractivity contribution is 5.96. The van der Waals surface area contributed by atoms with Gasteiger partial charge in [-0.05, 0) is 35.9 Å². The highest BCUT2D eigenvalue weighted by Crippen LogP contribution is 2.35. The minimum absolute atomic E-state index is 0.0974. The SMILES string of the molecule is COc1ccc(CNC(=O)c2cc3c(cc2C[NH+](C)Cc2cccc(OC)c2C(=O)O)OCO3)cc1. The maximum atomic E-state index is 13.2. The Hall–Kier alpha value is -4.24. The van der Waals surface area contributed by atoms with Gasteiger partial charge in [-0.1, -0.05) is 24.3 Å². The highest BCUT2D eigenvalue weighted by atomic mass is 16.7. The number of carbonyl (C=O) groups is 2. The van der Waals surface area contributed by atoms with E-state index in [9.17, 15) is 14.7 Å². The Bertz CT molecular complexity index is 1260. The van der Waals surface area contributed by atoms with E-state index in [4.69, 9.17) is 18.9 Å². The van der Waals surface area contributed by atoms with E-state index in [1.807, 2.05) is 37.4 Å². The van der Waals surface area contributed by atoms with Gasteiger partial charge in [0.25, 0.3) is 5.91 Å². The Morgan fingerprint density at radius 3 is 2.33 bits per heavy atom. The fourth-order valence-corrected chi connectivity index (χ4v) is 4.21. The fourth-order valence-electron chi connectivity index (χ4n) is 4.21. The van der Waals surface area contributed by atoms with Gasteiger partial charge in [-0.2, -0.15) is 0 Å². The lowest BCUT2D eigenvalue weighted by molar-refractivity contribution is -0.907. The van der Waals surface area contributed by atoms with E-state index in [1.54, 1.807) is 31.4 Å². The zero-order valence-electron chi connectivity index (χ0n) is 20.4. The molecule has 1 heterocycles. The first-order valence-corrected chi connectivity index (χ1v) is 11.4. The molecule has 4 rings (SSSR count). The van der Waals surface area contributed by atoms with Gasteiger partial charge in [-0.3, -0.25) is 4.79 Å². The summed E-state index contributed by atoms with van der Waals surface area (Å²) in [6.45, 7) is 1.32. The number of carboxylic acid groups (broad SMARTS) is 1. The molecule has 1 aliphatic rings. The van der Waals surface area contributed by atoms with Gasteiger partial charge in [0.1, 0.15) is 30.2 Å². The number of hydrogen-bond donors (Lipinski definition) is 3.